The number of methoxy groups -OCH3 is 1. The van der Waals surface area contributed by atoms with Crippen LogP contribution in [0.1, 0.15) is 10.4 Å². The predicted molar refractivity (Wildman–Crippen MR) is 117 cm³/mol. The summed E-state index contributed by atoms with van der Waals surface area (Å²) >= 11 is 0. The van der Waals surface area contributed by atoms with Crippen LogP contribution in [0.15, 0.2) is 70.5 Å². The zero-order valence-corrected chi connectivity index (χ0v) is 18.1. The van der Waals surface area contributed by atoms with E-state index in [9.17, 15) is 30.7 Å². The molecule has 3 rings (SSSR count). The highest BCUT2D eigenvalue weighted by molar-refractivity contribution is 7.86. The molecular weight excluding hydrogens is 460 g/mol. The van der Waals surface area contributed by atoms with Gasteiger partial charge in [-0.2, -0.15) is 16.8 Å². The number of carbonyl (C=O) groups excluding carboxylic acids is 1. The third-order valence-corrected chi connectivity index (χ3v) is 6.21. The molecule has 0 spiro atoms. The number of hydrogen-bond acceptors (Lipinski definition) is 7. The van der Waals surface area contributed by atoms with Gasteiger partial charge >= 0.3 is 0 Å². The van der Waals surface area contributed by atoms with E-state index in [1.165, 1.54) is 43.5 Å². The number of nitrogens with one attached hydrogen (secondary N) is 1. The monoisotopic (exact) mass is 478 g/mol. The second kappa shape index (κ2) is 8.59. The molecule has 5 N–H and O–H groups in total. The molecule has 0 aliphatic carbocycles. The van der Waals surface area contributed by atoms with Crippen molar-refractivity contribution in [1.82, 2.24) is 0 Å². The van der Waals surface area contributed by atoms with E-state index in [4.69, 9.17) is 10.5 Å². The Morgan fingerprint density at radius 2 is 1.47 bits per heavy atom. The largest absolute Gasteiger partial charge is 0.497 e. The lowest BCUT2D eigenvalue weighted by molar-refractivity contribution is 0.102. The van der Waals surface area contributed by atoms with E-state index in [-0.39, 0.29) is 28.1 Å². The molecule has 0 radical (unpaired) electrons. The Hall–Kier alpha value is -3.45. The van der Waals surface area contributed by atoms with Crippen LogP contribution < -0.4 is 15.8 Å². The second-order valence-corrected chi connectivity index (χ2v) is 9.38. The number of amides is 1. The number of carbonyl (C=O) groups is 1. The summed E-state index contributed by atoms with van der Waals surface area (Å²) in [6.45, 7) is 0. The van der Waals surface area contributed by atoms with Gasteiger partial charge in [-0.15, -0.1) is 0 Å². The maximum atomic E-state index is 12.5. The van der Waals surface area contributed by atoms with Gasteiger partial charge in [0.2, 0.25) is 0 Å². The Morgan fingerprint density at radius 3 is 2.06 bits per heavy atom. The number of benzene rings is 3. The molecule has 0 saturated carbocycles. The summed E-state index contributed by atoms with van der Waals surface area (Å²) in [5.74, 6) is -0.142. The van der Waals surface area contributed by atoms with Crippen molar-refractivity contribution in [1.29, 1.82) is 0 Å². The molecule has 0 aromatic heterocycles. The zero-order chi connectivity index (χ0) is 23.7. The quantitative estimate of drug-likeness (QED) is 0.307. The first kappa shape index (κ1) is 23.2. The Kier molecular flexibility index (Phi) is 6.23. The molecule has 32 heavy (non-hydrogen) atoms. The summed E-state index contributed by atoms with van der Waals surface area (Å²) in [5.41, 5.74) is 5.40. The number of ether oxygens (including phenoxy) is 1. The van der Waals surface area contributed by atoms with Crippen LogP contribution in [0, 0.1) is 0 Å². The van der Waals surface area contributed by atoms with Crippen LogP contribution in [0.5, 0.6) is 5.75 Å². The first-order chi connectivity index (χ1) is 14.9. The van der Waals surface area contributed by atoms with Crippen LogP contribution >= 0.6 is 0 Å². The minimum absolute atomic E-state index is 0.0111. The molecule has 0 aliphatic heterocycles. The van der Waals surface area contributed by atoms with Crippen molar-refractivity contribution in [3.63, 3.8) is 0 Å². The molecule has 0 saturated heterocycles. The van der Waals surface area contributed by atoms with Gasteiger partial charge in [-0.3, -0.25) is 13.9 Å². The van der Waals surface area contributed by atoms with Crippen LogP contribution in [0.3, 0.4) is 0 Å². The van der Waals surface area contributed by atoms with E-state index in [1.807, 2.05) is 0 Å². The van der Waals surface area contributed by atoms with Gasteiger partial charge in [-0.05, 0) is 42.5 Å². The van der Waals surface area contributed by atoms with Gasteiger partial charge in [-0.1, -0.05) is 18.2 Å². The highest BCUT2D eigenvalue weighted by Gasteiger charge is 2.24. The maximum Gasteiger partial charge on any atom is 0.295 e. The lowest BCUT2D eigenvalue weighted by atomic mass is 10.0. The molecule has 0 heterocycles. The summed E-state index contributed by atoms with van der Waals surface area (Å²) in [6, 6.07) is 13.1. The fourth-order valence-corrected chi connectivity index (χ4v) is 4.45. The first-order valence-corrected chi connectivity index (χ1v) is 11.7. The third-order valence-electron chi connectivity index (χ3n) is 4.42. The van der Waals surface area contributed by atoms with Crippen molar-refractivity contribution in [3.05, 3.63) is 66.2 Å². The zero-order valence-electron chi connectivity index (χ0n) is 16.5. The van der Waals surface area contributed by atoms with E-state index < -0.39 is 35.9 Å². The summed E-state index contributed by atoms with van der Waals surface area (Å²) < 4.78 is 72.0. The van der Waals surface area contributed by atoms with E-state index in [1.54, 1.807) is 12.1 Å². The van der Waals surface area contributed by atoms with Crippen LogP contribution in [0.25, 0.3) is 11.1 Å². The SMILES string of the molecule is COc1cccc(C(=O)Nc2ccc(-c3ccc(N)cc3S(=O)(=O)O)c(S(=O)(=O)O)c2)c1. The second-order valence-electron chi connectivity index (χ2n) is 6.60. The van der Waals surface area contributed by atoms with Gasteiger partial charge in [0, 0.05) is 28.1 Å². The van der Waals surface area contributed by atoms with Crippen LogP contribution in [-0.2, 0) is 20.2 Å². The Bertz CT molecular complexity index is 1420. The van der Waals surface area contributed by atoms with Gasteiger partial charge < -0.3 is 15.8 Å². The van der Waals surface area contributed by atoms with Crippen LogP contribution in [0.2, 0.25) is 0 Å². The first-order valence-electron chi connectivity index (χ1n) is 8.84. The number of anilines is 2. The summed E-state index contributed by atoms with van der Waals surface area (Å²) in [6.07, 6.45) is 0. The molecular formula is C20H18N2O8S2. The van der Waals surface area contributed by atoms with E-state index in [0.29, 0.717) is 5.75 Å². The predicted octanol–water partition coefficient (Wildman–Crippen LogP) is 2.69. The van der Waals surface area contributed by atoms with Crippen LogP contribution in [-0.4, -0.2) is 39.0 Å². The molecule has 0 atom stereocenters. The van der Waals surface area contributed by atoms with Crippen molar-refractivity contribution in [2.75, 3.05) is 18.2 Å². The molecule has 3 aromatic rings. The topological polar surface area (TPSA) is 173 Å². The molecule has 3 aromatic carbocycles. The van der Waals surface area contributed by atoms with Crippen molar-refractivity contribution in [2.24, 2.45) is 0 Å². The minimum atomic E-state index is -4.87. The van der Waals surface area contributed by atoms with Gasteiger partial charge in [0.1, 0.15) is 15.5 Å². The Balaban J connectivity index is 2.10. The highest BCUT2D eigenvalue weighted by Crippen LogP contribution is 2.35. The van der Waals surface area contributed by atoms with Crippen molar-refractivity contribution < 1.29 is 35.5 Å². The fourth-order valence-electron chi connectivity index (χ4n) is 2.98. The molecule has 12 heteroatoms. The highest BCUT2D eigenvalue weighted by atomic mass is 32.2. The number of nitrogens with two attached hydrogens (primary N) is 1. The number of nitrogen functional groups attached to an aromatic ring is 1. The van der Waals surface area contributed by atoms with Gasteiger partial charge in [0.25, 0.3) is 26.1 Å². The lowest BCUT2D eigenvalue weighted by Gasteiger charge is -2.14. The molecule has 1 amide bonds. The summed E-state index contributed by atoms with van der Waals surface area (Å²) in [4.78, 5) is 11.2. The third kappa shape index (κ3) is 5.06. The standard InChI is InChI=1S/C20H18N2O8S2/c1-30-15-4-2-3-12(9-15)20(23)22-14-6-8-17(19(11-14)32(27,28)29)16-7-5-13(21)10-18(16)31(24,25)26/h2-11H,21H2,1H3,(H,22,23)(H,24,25,26)(H,27,28,29). The van der Waals surface area contributed by atoms with E-state index in [2.05, 4.69) is 5.32 Å². The Labute approximate surface area is 184 Å². The van der Waals surface area contributed by atoms with Gasteiger partial charge in [-0.25, -0.2) is 0 Å². The molecule has 0 aliphatic rings. The molecule has 10 nitrogen and oxygen atoms in total. The molecule has 168 valence electrons. The molecule has 0 bridgehead atoms. The Morgan fingerprint density at radius 1 is 0.875 bits per heavy atom. The smallest absolute Gasteiger partial charge is 0.295 e. The lowest BCUT2D eigenvalue weighted by Crippen LogP contribution is -2.13. The number of rotatable bonds is 6. The van der Waals surface area contributed by atoms with Crippen molar-refractivity contribution >= 4 is 37.5 Å². The maximum absolute atomic E-state index is 12.5. The summed E-state index contributed by atoms with van der Waals surface area (Å²) in [7, 11) is -8.21. The van der Waals surface area contributed by atoms with Crippen molar-refractivity contribution in [3.8, 4) is 16.9 Å². The molecule has 0 fully saturated rings. The minimum Gasteiger partial charge on any atom is -0.497 e. The number of hydrogen-bond donors (Lipinski definition) is 4. The summed E-state index contributed by atoms with van der Waals surface area (Å²) in [5, 5.41) is 2.50. The van der Waals surface area contributed by atoms with Crippen molar-refractivity contribution in [2.45, 2.75) is 9.79 Å². The molecule has 0 unspecified atom stereocenters. The van der Waals surface area contributed by atoms with Crippen LogP contribution in [0.4, 0.5) is 11.4 Å². The van der Waals surface area contributed by atoms with E-state index >= 15 is 0 Å². The fraction of sp³-hybridized carbons (Fsp3) is 0.0500. The average molecular weight is 479 g/mol. The van der Waals surface area contributed by atoms with Gasteiger partial charge in [0.05, 0.1) is 7.11 Å². The van der Waals surface area contributed by atoms with E-state index in [0.717, 1.165) is 12.1 Å². The van der Waals surface area contributed by atoms with Gasteiger partial charge in [0.15, 0.2) is 0 Å². The average Bonchev–Trinajstić information content (AvgIpc) is 2.72. The normalized spacial score (nSPS) is 11.7.